The molecule has 0 aliphatic carbocycles. The van der Waals surface area contributed by atoms with Crippen LogP contribution in [0.2, 0.25) is 0 Å². The van der Waals surface area contributed by atoms with Crippen LogP contribution in [0, 0.1) is 0 Å². The van der Waals surface area contributed by atoms with Gasteiger partial charge in [-0.3, -0.25) is 29.2 Å². The number of hydrogen-bond acceptors (Lipinski definition) is 9. The Morgan fingerprint density at radius 1 is 1.06 bits per heavy atom. The molecule has 6 rings (SSSR count). The summed E-state index contributed by atoms with van der Waals surface area (Å²) < 4.78 is 45.3. The minimum atomic E-state index is -3.16. The highest BCUT2D eigenvalue weighted by Crippen LogP contribution is 2.41. The fourth-order valence-electron chi connectivity index (χ4n) is 6.73. The number of aryl methyl sites for hydroxylation is 2. The maximum absolute atomic E-state index is 15.5. The molecule has 2 aromatic heterocycles. The van der Waals surface area contributed by atoms with Crippen molar-refractivity contribution in [3.63, 3.8) is 0 Å². The second-order valence-electron chi connectivity index (χ2n) is 12.6. The van der Waals surface area contributed by atoms with Crippen LogP contribution in [-0.2, 0) is 35.0 Å². The number of halogens is 2. The molecule has 50 heavy (non-hydrogen) atoms. The van der Waals surface area contributed by atoms with Crippen molar-refractivity contribution in [1.82, 2.24) is 29.9 Å². The standard InChI is InChI=1S/C35H39F2N7O6/c1-42-18-25(23-16-39-43(2)32(23)34(42)48)21-13-28(49-3)24(29(14-21)50-4)15-38-17-31(46)44-12-11-26(35(36,37)19-44)20-5-7-22(8-6-20)40-27-9-10-30(45)41-33(27)47/h5-8,13-14,16,18,26-27,38,40H,9-12,15,17,19H2,1-4H3,(H,41,45,47). The second-order valence-corrected chi connectivity index (χ2v) is 12.6. The number of hydrogen-bond donors (Lipinski definition) is 3. The fraction of sp³-hybridized carbons (Fsp3) is 0.400. The molecule has 15 heteroatoms. The van der Waals surface area contributed by atoms with Gasteiger partial charge < -0.3 is 29.6 Å². The lowest BCUT2D eigenvalue weighted by atomic mass is 9.86. The van der Waals surface area contributed by atoms with E-state index in [1.165, 1.54) is 28.4 Å². The Labute approximate surface area is 286 Å². The van der Waals surface area contributed by atoms with Gasteiger partial charge in [0, 0.05) is 62.0 Å². The Hall–Kier alpha value is -5.31. The molecule has 4 aromatic rings. The van der Waals surface area contributed by atoms with Crippen LogP contribution in [0.15, 0.2) is 53.6 Å². The van der Waals surface area contributed by atoms with E-state index < -0.39 is 36.2 Å². The van der Waals surface area contributed by atoms with Gasteiger partial charge in [0.1, 0.15) is 23.1 Å². The summed E-state index contributed by atoms with van der Waals surface area (Å²) in [6, 6.07) is 9.56. The lowest BCUT2D eigenvalue weighted by molar-refractivity contribution is -0.143. The van der Waals surface area contributed by atoms with Crippen LogP contribution in [0.1, 0.15) is 36.3 Å². The number of benzene rings is 2. The van der Waals surface area contributed by atoms with Crippen molar-refractivity contribution < 1.29 is 32.6 Å². The lowest BCUT2D eigenvalue weighted by Crippen LogP contribution is -2.51. The molecule has 0 saturated carbocycles. The van der Waals surface area contributed by atoms with Crippen LogP contribution < -0.4 is 31.0 Å². The number of methoxy groups -OCH3 is 2. The Morgan fingerprint density at radius 2 is 1.76 bits per heavy atom. The van der Waals surface area contributed by atoms with E-state index in [9.17, 15) is 19.2 Å². The predicted octanol–water partition coefficient (Wildman–Crippen LogP) is 2.91. The quantitative estimate of drug-likeness (QED) is 0.214. The summed E-state index contributed by atoms with van der Waals surface area (Å²) in [6.45, 7) is -0.550. The molecule has 2 aromatic carbocycles. The van der Waals surface area contributed by atoms with Gasteiger partial charge in [-0.05, 0) is 48.2 Å². The first kappa shape index (κ1) is 34.5. The van der Waals surface area contributed by atoms with E-state index in [1.807, 2.05) is 12.1 Å². The molecular formula is C35H39F2N7O6. The summed E-state index contributed by atoms with van der Waals surface area (Å²) in [4.78, 5) is 50.5. The molecule has 2 aliphatic rings. The van der Waals surface area contributed by atoms with Gasteiger partial charge in [0.25, 0.3) is 11.5 Å². The van der Waals surface area contributed by atoms with Crippen LogP contribution in [0.4, 0.5) is 14.5 Å². The summed E-state index contributed by atoms with van der Waals surface area (Å²) in [6.07, 6.45) is 4.03. The van der Waals surface area contributed by atoms with Gasteiger partial charge in [-0.1, -0.05) is 12.1 Å². The number of imide groups is 1. The number of amides is 3. The molecule has 2 atom stereocenters. The number of carbonyl (C=O) groups is 3. The third kappa shape index (κ3) is 6.77. The van der Waals surface area contributed by atoms with Gasteiger partial charge in [-0.2, -0.15) is 5.10 Å². The summed E-state index contributed by atoms with van der Waals surface area (Å²) in [5.74, 6) is -4.45. The van der Waals surface area contributed by atoms with Gasteiger partial charge >= 0.3 is 0 Å². The number of ether oxygens (including phenoxy) is 2. The average molecular weight is 692 g/mol. The number of piperidine rings is 2. The molecule has 0 spiro atoms. The van der Waals surface area contributed by atoms with Crippen LogP contribution in [-0.4, -0.2) is 82.8 Å². The molecule has 0 radical (unpaired) electrons. The number of aromatic nitrogens is 3. The third-order valence-corrected chi connectivity index (χ3v) is 9.42. The van der Waals surface area contributed by atoms with E-state index in [2.05, 4.69) is 21.0 Å². The molecule has 4 heterocycles. The number of carbonyl (C=O) groups excluding carboxylic acids is 3. The fourth-order valence-corrected chi connectivity index (χ4v) is 6.73. The van der Waals surface area contributed by atoms with Crippen LogP contribution in [0.3, 0.4) is 0 Å². The van der Waals surface area contributed by atoms with E-state index in [0.29, 0.717) is 45.6 Å². The molecular weight excluding hydrogens is 652 g/mol. The van der Waals surface area contributed by atoms with Gasteiger partial charge in [-0.25, -0.2) is 8.78 Å². The number of pyridine rings is 1. The molecule has 264 valence electrons. The van der Waals surface area contributed by atoms with E-state index in [0.717, 1.165) is 11.1 Å². The summed E-state index contributed by atoms with van der Waals surface area (Å²) in [5.41, 5.74) is 3.44. The van der Waals surface area contributed by atoms with Gasteiger partial charge in [0.15, 0.2) is 0 Å². The molecule has 2 aliphatic heterocycles. The Bertz CT molecular complexity index is 1980. The average Bonchev–Trinajstić information content (AvgIpc) is 3.48. The first-order valence-corrected chi connectivity index (χ1v) is 16.2. The van der Waals surface area contributed by atoms with Crippen molar-refractivity contribution in [2.24, 2.45) is 14.1 Å². The van der Waals surface area contributed by atoms with Crippen LogP contribution in [0.5, 0.6) is 11.5 Å². The van der Waals surface area contributed by atoms with E-state index in [1.54, 1.807) is 50.8 Å². The molecule has 3 amide bonds. The van der Waals surface area contributed by atoms with Crippen molar-refractivity contribution in [2.45, 2.75) is 43.7 Å². The van der Waals surface area contributed by atoms with Gasteiger partial charge in [-0.15, -0.1) is 0 Å². The monoisotopic (exact) mass is 691 g/mol. The number of likely N-dealkylation sites (tertiary alicyclic amines) is 1. The highest BCUT2D eigenvalue weighted by molar-refractivity contribution is 6.01. The second kappa shape index (κ2) is 13.9. The van der Waals surface area contributed by atoms with Crippen molar-refractivity contribution in [1.29, 1.82) is 0 Å². The van der Waals surface area contributed by atoms with E-state index in [4.69, 9.17) is 9.47 Å². The molecule has 2 unspecified atom stereocenters. The highest BCUT2D eigenvalue weighted by atomic mass is 19.3. The third-order valence-electron chi connectivity index (χ3n) is 9.42. The predicted molar refractivity (Wildman–Crippen MR) is 181 cm³/mol. The van der Waals surface area contributed by atoms with Crippen molar-refractivity contribution >= 4 is 34.3 Å². The summed E-state index contributed by atoms with van der Waals surface area (Å²) in [5, 5.41) is 13.3. The molecule has 13 nitrogen and oxygen atoms in total. The summed E-state index contributed by atoms with van der Waals surface area (Å²) in [7, 11) is 6.41. The smallest absolute Gasteiger partial charge is 0.276 e. The highest BCUT2D eigenvalue weighted by Gasteiger charge is 2.46. The van der Waals surface area contributed by atoms with Gasteiger partial charge in [0.05, 0.1) is 39.4 Å². The summed E-state index contributed by atoms with van der Waals surface area (Å²) >= 11 is 0. The zero-order valence-corrected chi connectivity index (χ0v) is 28.2. The molecule has 0 bridgehead atoms. The van der Waals surface area contributed by atoms with Crippen LogP contribution >= 0.6 is 0 Å². The number of alkyl halides is 2. The van der Waals surface area contributed by atoms with E-state index >= 15 is 8.78 Å². The zero-order chi connectivity index (χ0) is 35.7. The van der Waals surface area contributed by atoms with Crippen LogP contribution in [0.25, 0.3) is 22.0 Å². The number of rotatable bonds is 10. The first-order chi connectivity index (χ1) is 23.9. The number of anilines is 1. The normalized spacial score (nSPS) is 19.0. The maximum atomic E-state index is 15.5. The number of nitrogens with one attached hydrogen (secondary N) is 3. The topological polar surface area (TPSA) is 149 Å². The maximum Gasteiger partial charge on any atom is 0.276 e. The van der Waals surface area contributed by atoms with Crippen molar-refractivity contribution in [3.8, 4) is 22.6 Å². The first-order valence-electron chi connectivity index (χ1n) is 16.2. The molecule has 2 fully saturated rings. The van der Waals surface area contributed by atoms with Gasteiger partial charge in [0.2, 0.25) is 17.7 Å². The Balaban J connectivity index is 1.08. The number of nitrogens with zero attached hydrogens (tertiary/aromatic N) is 4. The Kier molecular flexibility index (Phi) is 9.60. The Morgan fingerprint density at radius 3 is 2.40 bits per heavy atom. The molecule has 2 saturated heterocycles. The van der Waals surface area contributed by atoms with Crippen molar-refractivity contribution in [2.75, 3.05) is 39.2 Å². The minimum absolute atomic E-state index is 0.0804. The van der Waals surface area contributed by atoms with Crippen molar-refractivity contribution in [3.05, 3.63) is 70.3 Å². The molecule has 3 N–H and O–H groups in total. The number of fused-ring (bicyclic) bond motifs is 1. The largest absolute Gasteiger partial charge is 0.496 e. The van der Waals surface area contributed by atoms with E-state index in [-0.39, 0.29) is 43.9 Å². The zero-order valence-electron chi connectivity index (χ0n) is 28.2. The lowest BCUT2D eigenvalue weighted by Gasteiger charge is -2.38. The SMILES string of the molecule is COc1cc(-c2cn(C)c(=O)c3c2cnn3C)cc(OC)c1CNCC(=O)N1CCC(c2ccc(NC3CCC(=O)NC3=O)cc2)C(F)(F)C1. The minimum Gasteiger partial charge on any atom is -0.496 e.